The number of rotatable bonds is 4. The summed E-state index contributed by atoms with van der Waals surface area (Å²) in [4.78, 5) is 21.4. The first kappa shape index (κ1) is 14.1. The maximum Gasteiger partial charge on any atom is 0.407 e. The Bertz CT molecular complexity index is 216. The van der Waals surface area contributed by atoms with Crippen LogP contribution in [0, 0.1) is 0 Å². The lowest BCUT2D eigenvalue weighted by molar-refractivity contribution is -0.119. The summed E-state index contributed by atoms with van der Waals surface area (Å²) in [7, 11) is 0. The highest BCUT2D eigenvalue weighted by Gasteiger charge is 2.20. The molecule has 0 atom stereocenters. The zero-order valence-corrected chi connectivity index (χ0v) is 9.88. The van der Waals surface area contributed by atoms with Crippen molar-refractivity contribution in [1.82, 2.24) is 5.32 Å². The summed E-state index contributed by atoms with van der Waals surface area (Å²) >= 11 is 21.2. The molecular formula is C6H7Cl4NO3. The fourth-order valence-electron chi connectivity index (χ4n) is 0.408. The van der Waals surface area contributed by atoms with Crippen LogP contribution >= 0.6 is 46.4 Å². The second-order valence-electron chi connectivity index (χ2n) is 2.22. The lowest BCUT2D eigenvalue weighted by atomic mass is 10.5. The maximum atomic E-state index is 10.8. The number of carbonyl (C=O) groups excluding carboxylic acids is 2. The van der Waals surface area contributed by atoms with Crippen molar-refractivity contribution in [3.8, 4) is 0 Å². The van der Waals surface area contributed by atoms with Crippen LogP contribution in [0.2, 0.25) is 0 Å². The molecule has 0 bridgehead atoms. The fourth-order valence-corrected chi connectivity index (χ4v) is 0.686. The van der Waals surface area contributed by atoms with E-state index >= 15 is 0 Å². The van der Waals surface area contributed by atoms with Gasteiger partial charge in [-0.1, -0.05) is 34.8 Å². The Morgan fingerprint density at radius 2 is 1.86 bits per heavy atom. The molecule has 0 aliphatic rings. The molecule has 8 heteroatoms. The second kappa shape index (κ2) is 6.56. The summed E-state index contributed by atoms with van der Waals surface area (Å²) < 4.78 is 2.84. The molecule has 0 aromatic heterocycles. The SMILES string of the molecule is O=C(CCl)COC(=O)NCC(Cl)(Cl)Cl. The monoisotopic (exact) mass is 281 g/mol. The van der Waals surface area contributed by atoms with Crippen LogP contribution in [-0.4, -0.2) is 34.7 Å². The molecule has 0 aromatic rings. The largest absolute Gasteiger partial charge is 0.442 e. The molecule has 0 saturated carbocycles. The van der Waals surface area contributed by atoms with Gasteiger partial charge in [-0.05, 0) is 0 Å². The Balaban J connectivity index is 3.62. The molecule has 0 spiro atoms. The van der Waals surface area contributed by atoms with Gasteiger partial charge in [-0.25, -0.2) is 4.79 Å². The molecular weight excluding hydrogens is 276 g/mol. The number of alkyl halides is 4. The molecule has 0 aromatic carbocycles. The zero-order chi connectivity index (χ0) is 11.2. The molecule has 0 radical (unpaired) electrons. The van der Waals surface area contributed by atoms with E-state index in [1.54, 1.807) is 0 Å². The van der Waals surface area contributed by atoms with Crippen molar-refractivity contribution in [3.63, 3.8) is 0 Å². The number of amides is 1. The van der Waals surface area contributed by atoms with E-state index in [1.165, 1.54) is 0 Å². The molecule has 0 unspecified atom stereocenters. The predicted octanol–water partition coefficient (Wildman–Crippen LogP) is 1.89. The molecule has 4 nitrogen and oxygen atoms in total. The number of carbonyl (C=O) groups is 2. The van der Waals surface area contributed by atoms with Gasteiger partial charge in [-0.3, -0.25) is 4.79 Å². The third-order valence-corrected chi connectivity index (χ3v) is 1.65. The Kier molecular flexibility index (Phi) is 6.61. The summed E-state index contributed by atoms with van der Waals surface area (Å²) in [6, 6.07) is 0. The third kappa shape index (κ3) is 8.69. The van der Waals surface area contributed by atoms with E-state index in [0.717, 1.165) is 0 Å². The highest BCUT2D eigenvalue weighted by molar-refractivity contribution is 6.67. The summed E-state index contributed by atoms with van der Waals surface area (Å²) in [5, 5.41) is 2.15. The minimum Gasteiger partial charge on any atom is -0.442 e. The van der Waals surface area contributed by atoms with E-state index in [1.807, 2.05) is 0 Å². The molecule has 0 fully saturated rings. The van der Waals surface area contributed by atoms with Crippen LogP contribution in [0.4, 0.5) is 4.79 Å². The Morgan fingerprint density at radius 1 is 1.29 bits per heavy atom. The van der Waals surface area contributed by atoms with Crippen LogP contribution in [0.5, 0.6) is 0 Å². The molecule has 0 heterocycles. The normalized spacial score (nSPS) is 10.9. The van der Waals surface area contributed by atoms with Gasteiger partial charge in [-0.15, -0.1) is 11.6 Å². The van der Waals surface area contributed by atoms with Crippen molar-refractivity contribution < 1.29 is 14.3 Å². The van der Waals surface area contributed by atoms with Crippen LogP contribution < -0.4 is 5.32 Å². The van der Waals surface area contributed by atoms with Gasteiger partial charge < -0.3 is 10.1 Å². The molecule has 1 N–H and O–H groups in total. The maximum absolute atomic E-state index is 10.8. The number of hydrogen-bond acceptors (Lipinski definition) is 3. The summed E-state index contributed by atoms with van der Waals surface area (Å²) in [5.74, 6) is -0.617. The molecule has 0 aliphatic carbocycles. The van der Waals surface area contributed by atoms with E-state index < -0.39 is 22.3 Å². The van der Waals surface area contributed by atoms with Gasteiger partial charge in [0.1, 0.15) is 0 Å². The quantitative estimate of drug-likeness (QED) is 0.801. The highest BCUT2D eigenvalue weighted by Crippen LogP contribution is 2.24. The summed E-state index contributed by atoms with van der Waals surface area (Å²) in [6.07, 6.45) is -0.838. The van der Waals surface area contributed by atoms with Gasteiger partial charge in [0, 0.05) is 0 Å². The Morgan fingerprint density at radius 3 is 2.29 bits per heavy atom. The summed E-state index contributed by atoms with van der Waals surface area (Å²) in [6.45, 7) is -0.596. The minimum atomic E-state index is -1.59. The van der Waals surface area contributed by atoms with E-state index in [4.69, 9.17) is 46.4 Å². The molecule has 14 heavy (non-hydrogen) atoms. The zero-order valence-electron chi connectivity index (χ0n) is 6.86. The highest BCUT2D eigenvalue weighted by atomic mass is 35.6. The molecule has 0 rings (SSSR count). The molecule has 1 amide bonds. The third-order valence-electron chi connectivity index (χ3n) is 0.946. The van der Waals surface area contributed by atoms with Gasteiger partial charge in [0.2, 0.25) is 3.79 Å². The van der Waals surface area contributed by atoms with Crippen molar-refractivity contribution in [2.24, 2.45) is 0 Å². The van der Waals surface area contributed by atoms with Crippen LogP contribution in [0.3, 0.4) is 0 Å². The number of hydrogen-bond donors (Lipinski definition) is 1. The Labute approximate surface area is 101 Å². The van der Waals surface area contributed by atoms with E-state index in [-0.39, 0.29) is 12.4 Å². The second-order valence-corrected chi connectivity index (χ2v) is 5.00. The van der Waals surface area contributed by atoms with E-state index in [0.29, 0.717) is 0 Å². The number of ether oxygens (including phenoxy) is 1. The summed E-state index contributed by atoms with van der Waals surface area (Å²) in [5.41, 5.74) is 0. The van der Waals surface area contributed by atoms with Crippen LogP contribution in [0.15, 0.2) is 0 Å². The topological polar surface area (TPSA) is 55.4 Å². The van der Waals surface area contributed by atoms with E-state index in [9.17, 15) is 9.59 Å². The standard InChI is InChI=1S/C6H7Cl4NO3/c7-1-4(12)2-14-5(13)11-3-6(8,9)10/h1-3H2,(H,11,13). The fraction of sp³-hybridized carbons (Fsp3) is 0.667. The van der Waals surface area contributed by atoms with Gasteiger partial charge in [0.05, 0.1) is 12.4 Å². The average Bonchev–Trinajstić information content (AvgIpc) is 2.09. The Hall–Kier alpha value is 0.1000. The number of halogens is 4. The lowest BCUT2D eigenvalue weighted by Crippen LogP contribution is -2.33. The molecule has 0 aliphatic heterocycles. The van der Waals surface area contributed by atoms with Crippen molar-refractivity contribution in [2.45, 2.75) is 3.79 Å². The van der Waals surface area contributed by atoms with Gasteiger partial charge >= 0.3 is 6.09 Å². The molecule has 82 valence electrons. The number of nitrogens with one attached hydrogen (secondary N) is 1. The van der Waals surface area contributed by atoms with Gasteiger partial charge in [0.25, 0.3) is 0 Å². The van der Waals surface area contributed by atoms with Gasteiger partial charge in [0.15, 0.2) is 12.4 Å². The molecule has 0 saturated heterocycles. The smallest absolute Gasteiger partial charge is 0.407 e. The first-order valence-electron chi connectivity index (χ1n) is 3.40. The number of alkyl carbamates (subject to hydrolysis) is 1. The van der Waals surface area contributed by atoms with Crippen LogP contribution in [0.25, 0.3) is 0 Å². The predicted molar refractivity (Wildman–Crippen MR) is 55.4 cm³/mol. The minimum absolute atomic E-state index is 0.203. The average molecular weight is 283 g/mol. The van der Waals surface area contributed by atoms with Crippen molar-refractivity contribution in [3.05, 3.63) is 0 Å². The first-order valence-corrected chi connectivity index (χ1v) is 5.07. The number of ketones is 1. The van der Waals surface area contributed by atoms with Crippen LogP contribution in [-0.2, 0) is 9.53 Å². The van der Waals surface area contributed by atoms with Crippen molar-refractivity contribution in [2.75, 3.05) is 19.0 Å². The lowest BCUT2D eigenvalue weighted by Gasteiger charge is -2.11. The van der Waals surface area contributed by atoms with E-state index in [2.05, 4.69) is 10.1 Å². The van der Waals surface area contributed by atoms with Gasteiger partial charge in [-0.2, -0.15) is 0 Å². The number of Topliss-reactive ketones (excluding diaryl/α,β-unsaturated/α-hetero) is 1. The van der Waals surface area contributed by atoms with Crippen LogP contribution in [0.1, 0.15) is 0 Å². The van der Waals surface area contributed by atoms with Crippen molar-refractivity contribution >= 4 is 58.3 Å². The van der Waals surface area contributed by atoms with Crippen molar-refractivity contribution in [1.29, 1.82) is 0 Å². The first-order chi connectivity index (χ1) is 6.35.